The second-order valence-corrected chi connectivity index (χ2v) is 3.55. The Kier molecular flexibility index (Phi) is 4.92. The van der Waals surface area contributed by atoms with Crippen molar-refractivity contribution in [3.63, 3.8) is 0 Å². The van der Waals surface area contributed by atoms with Crippen molar-refractivity contribution in [1.82, 2.24) is 0 Å². The van der Waals surface area contributed by atoms with Crippen molar-refractivity contribution in [1.29, 1.82) is 5.26 Å². The summed E-state index contributed by atoms with van der Waals surface area (Å²) in [6.07, 6.45) is 3.36. The number of hydrogen-bond acceptors (Lipinski definition) is 3. The zero-order chi connectivity index (χ0) is 12.7. The maximum Gasteiger partial charge on any atom is 0.335 e. The molecule has 1 atom stereocenters. The minimum absolute atomic E-state index is 0.229. The van der Waals surface area contributed by atoms with Gasteiger partial charge >= 0.3 is 5.97 Å². The Morgan fingerprint density at radius 3 is 2.59 bits per heavy atom. The molecule has 0 spiro atoms. The molecule has 0 bridgehead atoms. The van der Waals surface area contributed by atoms with Crippen LogP contribution in [0.1, 0.15) is 28.8 Å². The summed E-state index contributed by atoms with van der Waals surface area (Å²) >= 11 is 0. The van der Waals surface area contributed by atoms with Crippen molar-refractivity contribution in [2.24, 2.45) is 0 Å². The van der Waals surface area contributed by atoms with E-state index < -0.39 is 12.1 Å². The van der Waals surface area contributed by atoms with Gasteiger partial charge in [-0.25, -0.2) is 4.79 Å². The number of carboxylic acid groups (broad SMARTS) is 1. The number of hydrogen-bond donors (Lipinski definition) is 2. The van der Waals surface area contributed by atoms with Gasteiger partial charge in [-0.05, 0) is 24.1 Å². The zero-order valence-corrected chi connectivity index (χ0v) is 9.21. The van der Waals surface area contributed by atoms with Crippen LogP contribution in [0.4, 0.5) is 0 Å². The number of aromatic carboxylic acids is 1. The molecule has 0 aliphatic heterocycles. The number of nitriles is 1. The molecule has 4 heteroatoms. The molecule has 1 aromatic carbocycles. The summed E-state index contributed by atoms with van der Waals surface area (Å²) in [5.74, 6) is -0.963. The predicted molar refractivity (Wildman–Crippen MR) is 63.3 cm³/mol. The fourth-order valence-corrected chi connectivity index (χ4v) is 1.27. The molecule has 0 amide bonds. The van der Waals surface area contributed by atoms with Gasteiger partial charge in [0.1, 0.15) is 0 Å². The van der Waals surface area contributed by atoms with Gasteiger partial charge in [0.25, 0.3) is 0 Å². The summed E-state index contributed by atoms with van der Waals surface area (Å²) in [5.41, 5.74) is 1.04. The van der Waals surface area contributed by atoms with Gasteiger partial charge in [0.15, 0.2) is 0 Å². The number of aliphatic hydroxyl groups is 1. The lowest BCUT2D eigenvalue weighted by Gasteiger charge is -2.01. The number of aliphatic hydroxyl groups excluding tert-OH is 1. The normalized spacial score (nSPS) is 12.2. The van der Waals surface area contributed by atoms with Gasteiger partial charge in [-0.3, -0.25) is 0 Å². The summed E-state index contributed by atoms with van der Waals surface area (Å²) in [6, 6.07) is 8.29. The molecule has 0 fully saturated rings. The quantitative estimate of drug-likeness (QED) is 0.812. The van der Waals surface area contributed by atoms with Crippen molar-refractivity contribution >= 4 is 12.0 Å². The number of carbonyl (C=O) groups is 1. The maximum atomic E-state index is 10.6. The lowest BCUT2D eigenvalue weighted by Crippen LogP contribution is -2.00. The van der Waals surface area contributed by atoms with Gasteiger partial charge in [0.2, 0.25) is 0 Å². The highest BCUT2D eigenvalue weighted by Crippen LogP contribution is 2.08. The first-order valence-electron chi connectivity index (χ1n) is 5.20. The van der Waals surface area contributed by atoms with Crippen molar-refractivity contribution in [3.05, 3.63) is 41.5 Å². The van der Waals surface area contributed by atoms with Crippen LogP contribution in [0.5, 0.6) is 0 Å². The molecule has 0 saturated heterocycles. The maximum absolute atomic E-state index is 10.6. The molecular weight excluding hydrogens is 218 g/mol. The molecule has 0 aliphatic carbocycles. The molecule has 1 aromatic rings. The molecule has 4 nitrogen and oxygen atoms in total. The smallest absolute Gasteiger partial charge is 0.335 e. The molecule has 1 rings (SSSR count). The third kappa shape index (κ3) is 4.49. The van der Waals surface area contributed by atoms with Gasteiger partial charge in [-0.2, -0.15) is 5.26 Å². The van der Waals surface area contributed by atoms with Crippen LogP contribution in [0.3, 0.4) is 0 Å². The van der Waals surface area contributed by atoms with Crippen LogP contribution in [-0.2, 0) is 0 Å². The molecule has 0 aliphatic rings. The summed E-state index contributed by atoms with van der Waals surface area (Å²) in [4.78, 5) is 10.6. The van der Waals surface area contributed by atoms with Crippen molar-refractivity contribution < 1.29 is 15.0 Å². The fourth-order valence-electron chi connectivity index (χ4n) is 1.27. The van der Waals surface area contributed by atoms with E-state index in [9.17, 15) is 9.90 Å². The molecule has 0 heterocycles. The molecule has 88 valence electrons. The lowest BCUT2D eigenvalue weighted by molar-refractivity contribution is 0.0697. The summed E-state index contributed by atoms with van der Waals surface area (Å²) < 4.78 is 0. The Balaban J connectivity index is 2.60. The van der Waals surface area contributed by atoms with E-state index in [-0.39, 0.29) is 5.56 Å². The van der Waals surface area contributed by atoms with Gasteiger partial charge in [-0.1, -0.05) is 24.3 Å². The zero-order valence-electron chi connectivity index (χ0n) is 9.21. The van der Waals surface area contributed by atoms with E-state index in [0.717, 1.165) is 5.56 Å². The fraction of sp³-hybridized carbons (Fsp3) is 0.231. The Labute approximate surface area is 99.4 Å². The van der Waals surface area contributed by atoms with E-state index in [4.69, 9.17) is 10.4 Å². The highest BCUT2D eigenvalue weighted by molar-refractivity contribution is 5.87. The molecule has 17 heavy (non-hydrogen) atoms. The van der Waals surface area contributed by atoms with Crippen LogP contribution in [0, 0.1) is 11.3 Å². The molecule has 0 radical (unpaired) electrons. The lowest BCUT2D eigenvalue weighted by atomic mass is 10.1. The summed E-state index contributed by atoms with van der Waals surface area (Å²) in [5, 5.41) is 26.5. The highest BCUT2D eigenvalue weighted by atomic mass is 16.4. The van der Waals surface area contributed by atoms with Crippen molar-refractivity contribution in [2.75, 3.05) is 0 Å². The second kappa shape index (κ2) is 6.46. The van der Waals surface area contributed by atoms with Gasteiger partial charge in [0.05, 0.1) is 17.7 Å². The van der Waals surface area contributed by atoms with Gasteiger partial charge in [-0.15, -0.1) is 0 Å². The molecule has 0 saturated carbocycles. The van der Waals surface area contributed by atoms with E-state index in [1.165, 1.54) is 12.1 Å². The average Bonchev–Trinajstić information content (AvgIpc) is 2.34. The SMILES string of the molecule is N#CCCC(O)/C=C/c1ccc(C(=O)O)cc1. The number of nitrogens with zero attached hydrogens (tertiary/aromatic N) is 1. The van der Waals surface area contributed by atoms with Gasteiger partial charge in [0, 0.05) is 6.42 Å². The second-order valence-electron chi connectivity index (χ2n) is 3.55. The molecule has 2 N–H and O–H groups in total. The predicted octanol–water partition coefficient (Wildman–Crippen LogP) is 2.06. The standard InChI is InChI=1S/C13H13NO3/c14-9-1-2-12(15)8-5-10-3-6-11(7-4-10)13(16)17/h3-8,12,15H,1-2H2,(H,16,17)/b8-5+. The van der Waals surface area contributed by atoms with Gasteiger partial charge < -0.3 is 10.2 Å². The topological polar surface area (TPSA) is 81.3 Å². The van der Waals surface area contributed by atoms with E-state index in [1.807, 2.05) is 6.07 Å². The third-order valence-electron chi connectivity index (χ3n) is 2.22. The van der Waals surface area contributed by atoms with Crippen LogP contribution >= 0.6 is 0 Å². The minimum Gasteiger partial charge on any atom is -0.478 e. The van der Waals surface area contributed by atoms with Crippen LogP contribution in [0.15, 0.2) is 30.3 Å². The molecular formula is C13H13NO3. The van der Waals surface area contributed by atoms with E-state index in [0.29, 0.717) is 12.8 Å². The minimum atomic E-state index is -0.963. The van der Waals surface area contributed by atoms with Crippen molar-refractivity contribution in [2.45, 2.75) is 18.9 Å². The average molecular weight is 231 g/mol. The van der Waals surface area contributed by atoms with E-state index >= 15 is 0 Å². The Bertz CT molecular complexity index is 443. The summed E-state index contributed by atoms with van der Waals surface area (Å²) in [6.45, 7) is 0. The van der Waals surface area contributed by atoms with E-state index in [1.54, 1.807) is 24.3 Å². The Morgan fingerprint density at radius 2 is 2.06 bits per heavy atom. The molecule has 0 aromatic heterocycles. The number of benzene rings is 1. The first-order valence-corrected chi connectivity index (χ1v) is 5.20. The first kappa shape index (κ1) is 12.9. The van der Waals surface area contributed by atoms with Crippen molar-refractivity contribution in [3.8, 4) is 6.07 Å². The van der Waals surface area contributed by atoms with E-state index in [2.05, 4.69) is 0 Å². The monoisotopic (exact) mass is 231 g/mol. The van der Waals surface area contributed by atoms with Crippen LogP contribution in [0.25, 0.3) is 6.08 Å². The third-order valence-corrected chi connectivity index (χ3v) is 2.22. The van der Waals surface area contributed by atoms with Crippen LogP contribution < -0.4 is 0 Å². The highest BCUT2D eigenvalue weighted by Gasteiger charge is 2.01. The number of carboxylic acids is 1. The number of rotatable bonds is 5. The van der Waals surface area contributed by atoms with Crippen LogP contribution in [0.2, 0.25) is 0 Å². The van der Waals surface area contributed by atoms with Crippen LogP contribution in [-0.4, -0.2) is 22.3 Å². The molecule has 1 unspecified atom stereocenters. The largest absolute Gasteiger partial charge is 0.478 e. The Hall–Kier alpha value is -2.12. The first-order chi connectivity index (χ1) is 8.13. The Morgan fingerprint density at radius 1 is 1.41 bits per heavy atom. The summed E-state index contributed by atoms with van der Waals surface area (Å²) in [7, 11) is 0.